The van der Waals surface area contributed by atoms with Crippen LogP contribution in [0, 0.1) is 5.82 Å². The van der Waals surface area contributed by atoms with Gasteiger partial charge in [0.05, 0.1) is 10.5 Å². The fourth-order valence-corrected chi connectivity index (χ4v) is 1.68. The first-order valence-electron chi connectivity index (χ1n) is 4.19. The van der Waals surface area contributed by atoms with Gasteiger partial charge in [-0.15, -0.1) is 0 Å². The molecule has 1 rings (SSSR count). The summed E-state index contributed by atoms with van der Waals surface area (Å²) in [5.74, 6) is -0.734. The number of nitrogens with two attached hydrogens (primary N) is 1. The van der Waals surface area contributed by atoms with E-state index in [0.29, 0.717) is 0 Å². The van der Waals surface area contributed by atoms with Crippen molar-refractivity contribution in [3.8, 4) is 0 Å². The quantitative estimate of drug-likeness (QED) is 0.825. The zero-order valence-corrected chi connectivity index (χ0v) is 9.39. The Hall–Kier alpha value is -0.660. The van der Waals surface area contributed by atoms with E-state index < -0.39 is 24.1 Å². The molecular formula is C9H8BrF4NO. The fraction of sp³-hybridized carbons (Fsp3) is 0.333. The summed E-state index contributed by atoms with van der Waals surface area (Å²) in [6.45, 7) is 0. The number of benzene rings is 1. The highest BCUT2D eigenvalue weighted by molar-refractivity contribution is 9.10. The van der Waals surface area contributed by atoms with E-state index in [1.165, 1.54) is 12.1 Å². The van der Waals surface area contributed by atoms with E-state index in [4.69, 9.17) is 10.8 Å². The molecule has 0 saturated heterocycles. The molecule has 3 N–H and O–H groups in total. The summed E-state index contributed by atoms with van der Waals surface area (Å²) in [6.07, 6.45) is -7.57. The highest BCUT2D eigenvalue weighted by Crippen LogP contribution is 2.32. The number of alkyl halides is 3. The molecule has 2 atom stereocenters. The molecule has 0 unspecified atom stereocenters. The molecule has 90 valence electrons. The molecule has 7 heteroatoms. The summed E-state index contributed by atoms with van der Waals surface area (Å²) in [5.41, 5.74) is 5.09. The smallest absolute Gasteiger partial charge is 0.382 e. The third-order valence-corrected chi connectivity index (χ3v) is 2.85. The van der Waals surface area contributed by atoms with Gasteiger partial charge in [-0.3, -0.25) is 0 Å². The lowest BCUT2D eigenvalue weighted by Gasteiger charge is -2.22. The summed E-state index contributed by atoms with van der Waals surface area (Å²) in [5, 5.41) is 8.93. The molecule has 1 aromatic carbocycles. The van der Waals surface area contributed by atoms with Crippen molar-refractivity contribution in [1.29, 1.82) is 0 Å². The minimum atomic E-state index is -4.84. The molecule has 0 saturated carbocycles. The fourth-order valence-electron chi connectivity index (χ4n) is 1.15. The third kappa shape index (κ3) is 2.72. The number of hydrogen-bond donors (Lipinski definition) is 2. The van der Waals surface area contributed by atoms with E-state index in [1.807, 2.05) is 0 Å². The monoisotopic (exact) mass is 301 g/mol. The van der Waals surface area contributed by atoms with Gasteiger partial charge in [-0.05, 0) is 27.6 Å². The third-order valence-electron chi connectivity index (χ3n) is 2.02. The standard InChI is InChI=1S/C9H8BrF4NO/c10-6-4(2-1-3-5(6)11)7(15)8(16)9(12,13)14/h1-3,7-8,16H,15H2/t7-,8-/m1/s1. The van der Waals surface area contributed by atoms with Gasteiger partial charge in [-0.1, -0.05) is 12.1 Å². The predicted octanol–water partition coefficient (Wildman–Crippen LogP) is 2.51. The number of hydrogen-bond acceptors (Lipinski definition) is 2. The van der Waals surface area contributed by atoms with Gasteiger partial charge in [0.1, 0.15) is 5.82 Å². The molecule has 0 radical (unpaired) electrons. The zero-order valence-electron chi connectivity index (χ0n) is 7.80. The van der Waals surface area contributed by atoms with Gasteiger partial charge in [0.25, 0.3) is 0 Å². The lowest BCUT2D eigenvalue weighted by atomic mass is 10.0. The molecule has 0 aliphatic rings. The molecule has 0 spiro atoms. The molecule has 0 heterocycles. The second-order valence-electron chi connectivity index (χ2n) is 3.16. The normalized spacial score (nSPS) is 15.9. The second kappa shape index (κ2) is 4.68. The summed E-state index contributed by atoms with van der Waals surface area (Å²) >= 11 is 2.78. The summed E-state index contributed by atoms with van der Waals surface area (Å²) < 4.78 is 49.4. The van der Waals surface area contributed by atoms with Crippen LogP contribution in [-0.2, 0) is 0 Å². The average Bonchev–Trinajstić information content (AvgIpc) is 2.18. The average molecular weight is 302 g/mol. The van der Waals surface area contributed by atoms with Crippen molar-refractivity contribution in [1.82, 2.24) is 0 Å². The number of aliphatic hydroxyl groups excluding tert-OH is 1. The molecule has 1 aromatic rings. The van der Waals surface area contributed by atoms with Crippen molar-refractivity contribution < 1.29 is 22.7 Å². The number of halogens is 5. The molecule has 0 fully saturated rings. The van der Waals surface area contributed by atoms with Crippen LogP contribution in [0.1, 0.15) is 11.6 Å². The second-order valence-corrected chi connectivity index (χ2v) is 3.95. The van der Waals surface area contributed by atoms with E-state index in [9.17, 15) is 17.6 Å². The van der Waals surface area contributed by atoms with Crippen LogP contribution in [0.2, 0.25) is 0 Å². The molecule has 2 nitrogen and oxygen atoms in total. The van der Waals surface area contributed by atoms with E-state index in [-0.39, 0.29) is 10.0 Å². The first kappa shape index (κ1) is 13.4. The number of rotatable bonds is 2. The van der Waals surface area contributed by atoms with Crippen LogP contribution in [0.3, 0.4) is 0 Å². The summed E-state index contributed by atoms with van der Waals surface area (Å²) in [6, 6.07) is 1.77. The number of aliphatic hydroxyl groups is 1. The highest BCUT2D eigenvalue weighted by Gasteiger charge is 2.43. The van der Waals surface area contributed by atoms with Crippen molar-refractivity contribution >= 4 is 15.9 Å². The van der Waals surface area contributed by atoms with Crippen molar-refractivity contribution in [3.63, 3.8) is 0 Å². The molecule has 0 aliphatic heterocycles. The summed E-state index contributed by atoms with van der Waals surface area (Å²) in [7, 11) is 0. The van der Waals surface area contributed by atoms with Crippen LogP contribution in [0.4, 0.5) is 17.6 Å². The Morgan fingerprint density at radius 2 is 1.88 bits per heavy atom. The Morgan fingerprint density at radius 1 is 1.31 bits per heavy atom. The van der Waals surface area contributed by atoms with Crippen molar-refractivity contribution in [2.45, 2.75) is 18.3 Å². The molecule has 0 aliphatic carbocycles. The van der Waals surface area contributed by atoms with E-state index >= 15 is 0 Å². The lowest BCUT2D eigenvalue weighted by molar-refractivity contribution is -0.210. The molecular weight excluding hydrogens is 294 g/mol. The maximum absolute atomic E-state index is 13.0. The van der Waals surface area contributed by atoms with Crippen molar-refractivity contribution in [2.24, 2.45) is 5.73 Å². The minimum Gasteiger partial charge on any atom is -0.382 e. The van der Waals surface area contributed by atoms with Crippen LogP contribution in [0.25, 0.3) is 0 Å². The van der Waals surface area contributed by atoms with Crippen molar-refractivity contribution in [2.75, 3.05) is 0 Å². The van der Waals surface area contributed by atoms with Crippen LogP contribution in [0.5, 0.6) is 0 Å². The Morgan fingerprint density at radius 3 is 2.38 bits per heavy atom. The van der Waals surface area contributed by atoms with Crippen LogP contribution < -0.4 is 5.73 Å². The maximum atomic E-state index is 13.0. The SMILES string of the molecule is N[C@H](c1cccc(F)c1Br)[C@@H](O)C(F)(F)F. The summed E-state index contributed by atoms with van der Waals surface area (Å²) in [4.78, 5) is 0. The Kier molecular flexibility index (Phi) is 3.92. The topological polar surface area (TPSA) is 46.2 Å². The lowest BCUT2D eigenvalue weighted by Crippen LogP contribution is -2.39. The Bertz CT molecular complexity index is 382. The Balaban J connectivity index is 3.06. The molecule has 0 aromatic heterocycles. The zero-order chi connectivity index (χ0) is 12.5. The molecule has 16 heavy (non-hydrogen) atoms. The van der Waals surface area contributed by atoms with E-state index in [0.717, 1.165) is 6.07 Å². The van der Waals surface area contributed by atoms with Crippen LogP contribution >= 0.6 is 15.9 Å². The van der Waals surface area contributed by atoms with Crippen LogP contribution in [-0.4, -0.2) is 17.4 Å². The van der Waals surface area contributed by atoms with Gasteiger partial charge in [-0.25, -0.2) is 4.39 Å². The van der Waals surface area contributed by atoms with Gasteiger partial charge in [0.15, 0.2) is 6.10 Å². The van der Waals surface area contributed by atoms with Crippen LogP contribution in [0.15, 0.2) is 22.7 Å². The maximum Gasteiger partial charge on any atom is 0.416 e. The first-order valence-corrected chi connectivity index (χ1v) is 4.98. The van der Waals surface area contributed by atoms with Gasteiger partial charge in [-0.2, -0.15) is 13.2 Å². The first-order chi connectivity index (χ1) is 7.25. The van der Waals surface area contributed by atoms with Gasteiger partial charge in [0.2, 0.25) is 0 Å². The Labute approximate surface area is 97.2 Å². The minimum absolute atomic E-state index is 0.134. The highest BCUT2D eigenvalue weighted by atomic mass is 79.9. The van der Waals surface area contributed by atoms with E-state index in [1.54, 1.807) is 0 Å². The van der Waals surface area contributed by atoms with Crippen molar-refractivity contribution in [3.05, 3.63) is 34.1 Å². The largest absolute Gasteiger partial charge is 0.416 e. The molecule has 0 amide bonds. The predicted molar refractivity (Wildman–Crippen MR) is 53.1 cm³/mol. The van der Waals surface area contributed by atoms with E-state index in [2.05, 4.69) is 15.9 Å². The molecule has 0 bridgehead atoms. The van der Waals surface area contributed by atoms with Gasteiger partial charge in [0, 0.05) is 0 Å². The van der Waals surface area contributed by atoms with Gasteiger partial charge >= 0.3 is 6.18 Å². The van der Waals surface area contributed by atoms with Gasteiger partial charge < -0.3 is 10.8 Å².